The Labute approximate surface area is 153 Å². The number of carbonyl (C=O) groups excluding carboxylic acids is 2. The third-order valence-corrected chi connectivity index (χ3v) is 5.15. The van der Waals surface area contributed by atoms with E-state index in [9.17, 15) is 9.59 Å². The van der Waals surface area contributed by atoms with E-state index in [1.165, 1.54) is 0 Å². The van der Waals surface area contributed by atoms with Crippen molar-refractivity contribution >= 4 is 34.2 Å². The van der Waals surface area contributed by atoms with Crippen LogP contribution >= 0.6 is 11.6 Å². The summed E-state index contributed by atoms with van der Waals surface area (Å²) in [5.41, 5.74) is 0.654. The quantitative estimate of drug-likeness (QED) is 0.905. The van der Waals surface area contributed by atoms with Crippen LogP contribution in [0.25, 0.3) is 10.8 Å². The van der Waals surface area contributed by atoms with Gasteiger partial charge in [0, 0.05) is 36.6 Å². The largest absolute Gasteiger partial charge is 0.349 e. The maximum Gasteiger partial charge on any atom is 0.251 e. The number of halogens is 1. The summed E-state index contributed by atoms with van der Waals surface area (Å²) in [7, 11) is 3.59. The molecule has 0 aliphatic heterocycles. The average Bonchev–Trinajstić information content (AvgIpc) is 2.61. The van der Waals surface area contributed by atoms with Crippen molar-refractivity contribution in [2.24, 2.45) is 5.92 Å². The number of nitrogens with zero attached hydrogens (tertiary/aromatic N) is 1. The Morgan fingerprint density at radius 2 is 1.64 bits per heavy atom. The summed E-state index contributed by atoms with van der Waals surface area (Å²) in [5, 5.41) is 5.82. The molecule has 0 spiro atoms. The van der Waals surface area contributed by atoms with E-state index in [2.05, 4.69) is 5.32 Å². The molecule has 25 heavy (non-hydrogen) atoms. The van der Waals surface area contributed by atoms with Crippen LogP contribution in [-0.4, -0.2) is 36.9 Å². The summed E-state index contributed by atoms with van der Waals surface area (Å²) in [4.78, 5) is 26.2. The molecule has 4 nitrogen and oxygen atoms in total. The van der Waals surface area contributed by atoms with Gasteiger partial charge in [0.15, 0.2) is 0 Å². The zero-order valence-electron chi connectivity index (χ0n) is 14.6. The number of amides is 2. The van der Waals surface area contributed by atoms with Crippen LogP contribution in [-0.2, 0) is 4.79 Å². The molecule has 132 valence electrons. The topological polar surface area (TPSA) is 49.4 Å². The standard InChI is InChI=1S/C20H23ClN2O2/c1-23(2)20(25)13-6-9-18(10-7-13)22-19(24)16-4-3-15-12-17(21)8-5-14(15)11-16/h3-5,8,11-13,18H,6-7,9-10H2,1-2H3,(H,22,24). The van der Waals surface area contributed by atoms with Crippen LogP contribution in [0.1, 0.15) is 36.0 Å². The van der Waals surface area contributed by atoms with Gasteiger partial charge in [-0.1, -0.05) is 23.7 Å². The van der Waals surface area contributed by atoms with Gasteiger partial charge in [-0.05, 0) is 60.7 Å². The van der Waals surface area contributed by atoms with E-state index < -0.39 is 0 Å². The molecule has 1 aliphatic carbocycles. The van der Waals surface area contributed by atoms with Crippen LogP contribution in [0.4, 0.5) is 0 Å². The number of hydrogen-bond acceptors (Lipinski definition) is 2. The molecule has 0 bridgehead atoms. The molecule has 0 saturated heterocycles. The van der Waals surface area contributed by atoms with Gasteiger partial charge in [-0.3, -0.25) is 9.59 Å². The molecular weight excluding hydrogens is 336 g/mol. The lowest BCUT2D eigenvalue weighted by Gasteiger charge is -2.29. The first-order valence-electron chi connectivity index (χ1n) is 8.65. The fourth-order valence-electron chi connectivity index (χ4n) is 3.48. The molecule has 0 atom stereocenters. The Hall–Kier alpha value is -2.07. The first-order valence-corrected chi connectivity index (χ1v) is 9.03. The minimum absolute atomic E-state index is 0.0563. The second-order valence-corrected chi connectivity index (χ2v) is 7.40. The van der Waals surface area contributed by atoms with E-state index >= 15 is 0 Å². The Morgan fingerprint density at radius 1 is 1.00 bits per heavy atom. The Balaban J connectivity index is 1.61. The third kappa shape index (κ3) is 4.13. The molecule has 2 aromatic carbocycles. The molecule has 0 unspecified atom stereocenters. The van der Waals surface area contributed by atoms with Crippen molar-refractivity contribution in [3.8, 4) is 0 Å². The van der Waals surface area contributed by atoms with Gasteiger partial charge in [0.05, 0.1) is 0 Å². The van der Waals surface area contributed by atoms with Gasteiger partial charge in [-0.25, -0.2) is 0 Å². The maximum atomic E-state index is 12.5. The third-order valence-electron chi connectivity index (χ3n) is 4.92. The average molecular weight is 359 g/mol. The van der Waals surface area contributed by atoms with E-state index in [1.54, 1.807) is 19.0 Å². The first kappa shape index (κ1) is 17.7. The van der Waals surface area contributed by atoms with Crippen LogP contribution in [0, 0.1) is 5.92 Å². The van der Waals surface area contributed by atoms with Crippen LogP contribution in [0.2, 0.25) is 5.02 Å². The molecule has 2 aromatic rings. The zero-order valence-corrected chi connectivity index (χ0v) is 15.3. The summed E-state index contributed by atoms with van der Waals surface area (Å²) < 4.78 is 0. The van der Waals surface area contributed by atoms with Crippen molar-refractivity contribution in [2.75, 3.05) is 14.1 Å². The second-order valence-electron chi connectivity index (χ2n) is 6.96. The summed E-state index contributed by atoms with van der Waals surface area (Å²) in [6.45, 7) is 0. The van der Waals surface area contributed by atoms with E-state index in [4.69, 9.17) is 11.6 Å². The highest BCUT2D eigenvalue weighted by molar-refractivity contribution is 6.31. The second kappa shape index (κ2) is 7.44. The molecule has 1 N–H and O–H groups in total. The number of fused-ring (bicyclic) bond motifs is 1. The molecule has 0 radical (unpaired) electrons. The smallest absolute Gasteiger partial charge is 0.251 e. The number of nitrogens with one attached hydrogen (secondary N) is 1. The van der Waals surface area contributed by atoms with Crippen molar-refractivity contribution in [3.05, 3.63) is 47.0 Å². The van der Waals surface area contributed by atoms with Gasteiger partial charge < -0.3 is 10.2 Å². The van der Waals surface area contributed by atoms with Crippen molar-refractivity contribution in [3.63, 3.8) is 0 Å². The molecule has 1 saturated carbocycles. The van der Waals surface area contributed by atoms with Gasteiger partial charge in [0.2, 0.25) is 5.91 Å². The monoisotopic (exact) mass is 358 g/mol. The van der Waals surface area contributed by atoms with Gasteiger partial charge >= 0.3 is 0 Å². The van der Waals surface area contributed by atoms with E-state index in [1.807, 2.05) is 36.4 Å². The highest BCUT2D eigenvalue weighted by Gasteiger charge is 2.28. The summed E-state index contributed by atoms with van der Waals surface area (Å²) in [6.07, 6.45) is 3.36. The fourth-order valence-corrected chi connectivity index (χ4v) is 3.66. The molecule has 1 aliphatic rings. The van der Waals surface area contributed by atoms with E-state index in [0.29, 0.717) is 10.6 Å². The number of hydrogen-bond donors (Lipinski definition) is 1. The highest BCUT2D eigenvalue weighted by atomic mass is 35.5. The predicted octanol–water partition coefficient (Wildman–Crippen LogP) is 3.87. The van der Waals surface area contributed by atoms with Gasteiger partial charge in [0.1, 0.15) is 0 Å². The summed E-state index contributed by atoms with van der Waals surface area (Å²) in [6, 6.07) is 11.4. The zero-order chi connectivity index (χ0) is 18.0. The highest BCUT2D eigenvalue weighted by Crippen LogP contribution is 2.26. The number of benzene rings is 2. The summed E-state index contributed by atoms with van der Waals surface area (Å²) >= 11 is 6.00. The lowest BCUT2D eigenvalue weighted by atomic mass is 9.85. The molecular formula is C20H23ClN2O2. The van der Waals surface area contributed by atoms with E-state index in [0.717, 1.165) is 36.5 Å². The lowest BCUT2D eigenvalue weighted by molar-refractivity contribution is -0.134. The minimum atomic E-state index is -0.0563. The van der Waals surface area contributed by atoms with E-state index in [-0.39, 0.29) is 23.8 Å². The van der Waals surface area contributed by atoms with Gasteiger partial charge in [-0.2, -0.15) is 0 Å². The molecule has 2 amide bonds. The predicted molar refractivity (Wildman–Crippen MR) is 101 cm³/mol. The SMILES string of the molecule is CN(C)C(=O)C1CCC(NC(=O)c2ccc3cc(Cl)ccc3c2)CC1. The van der Waals surface area contributed by atoms with Crippen LogP contribution in [0.15, 0.2) is 36.4 Å². The Bertz CT molecular complexity index is 795. The molecule has 3 rings (SSSR count). The number of carbonyl (C=O) groups is 2. The number of rotatable bonds is 3. The summed E-state index contributed by atoms with van der Waals surface area (Å²) in [5.74, 6) is 0.228. The van der Waals surface area contributed by atoms with Crippen molar-refractivity contribution in [2.45, 2.75) is 31.7 Å². The van der Waals surface area contributed by atoms with Crippen molar-refractivity contribution in [1.29, 1.82) is 0 Å². The normalized spacial score (nSPS) is 20.3. The van der Waals surface area contributed by atoms with Crippen molar-refractivity contribution in [1.82, 2.24) is 10.2 Å². The minimum Gasteiger partial charge on any atom is -0.349 e. The molecule has 5 heteroatoms. The van der Waals surface area contributed by atoms with Crippen molar-refractivity contribution < 1.29 is 9.59 Å². The molecule has 0 aromatic heterocycles. The maximum absolute atomic E-state index is 12.5. The van der Waals surface area contributed by atoms with Crippen LogP contribution < -0.4 is 5.32 Å². The van der Waals surface area contributed by atoms with Crippen LogP contribution in [0.5, 0.6) is 0 Å². The fraction of sp³-hybridized carbons (Fsp3) is 0.400. The Morgan fingerprint density at radius 3 is 2.32 bits per heavy atom. The first-order chi connectivity index (χ1) is 11.9. The molecule has 1 fully saturated rings. The van der Waals surface area contributed by atoms with Gasteiger partial charge in [-0.15, -0.1) is 0 Å². The lowest BCUT2D eigenvalue weighted by Crippen LogP contribution is -2.40. The van der Waals surface area contributed by atoms with Crippen LogP contribution in [0.3, 0.4) is 0 Å². The van der Waals surface area contributed by atoms with Gasteiger partial charge in [0.25, 0.3) is 5.91 Å². The Kier molecular flexibility index (Phi) is 5.28. The molecule has 0 heterocycles.